The van der Waals surface area contributed by atoms with Crippen LogP contribution in [0, 0.1) is 11.6 Å². The van der Waals surface area contributed by atoms with Crippen molar-refractivity contribution in [2.45, 2.75) is 19.3 Å². The van der Waals surface area contributed by atoms with Gasteiger partial charge in [0.05, 0.1) is 0 Å². The molecule has 0 bridgehead atoms. The minimum Gasteiger partial charge on any atom is -0.346 e. The monoisotopic (exact) mass is 291 g/mol. The van der Waals surface area contributed by atoms with Crippen LogP contribution in [0.3, 0.4) is 0 Å². The molecule has 0 aliphatic carbocycles. The second-order valence-electron chi connectivity index (χ2n) is 4.14. The molecule has 0 atom stereocenters. The zero-order valence-electron chi connectivity index (χ0n) is 8.98. The molecule has 1 rings (SSSR count). The van der Waals surface area contributed by atoms with Crippen LogP contribution < -0.4 is 5.32 Å². The Labute approximate surface area is 101 Å². The Balaban J connectivity index is 2.96. The first-order chi connectivity index (χ1) is 7.33. The molecular weight excluding hydrogens is 280 g/mol. The van der Waals surface area contributed by atoms with E-state index in [-0.39, 0.29) is 16.9 Å². The van der Waals surface area contributed by atoms with E-state index in [0.29, 0.717) is 0 Å². The average molecular weight is 292 g/mol. The number of carbonyl (C=O) groups excluding carboxylic acids is 1. The topological polar surface area (TPSA) is 29.1 Å². The van der Waals surface area contributed by atoms with E-state index in [1.807, 2.05) is 0 Å². The number of rotatable bonds is 3. The SMILES string of the molecule is CC(C)(CNC(=O)Br)c1cc(F)ccc1F. The molecule has 1 amide bonds. The highest BCUT2D eigenvalue weighted by Gasteiger charge is 2.25. The number of amides is 1. The van der Waals surface area contributed by atoms with E-state index in [1.54, 1.807) is 13.8 Å². The van der Waals surface area contributed by atoms with E-state index in [2.05, 4.69) is 21.2 Å². The fourth-order valence-electron chi connectivity index (χ4n) is 1.40. The number of hydrogen-bond acceptors (Lipinski definition) is 1. The summed E-state index contributed by atoms with van der Waals surface area (Å²) in [6.07, 6.45) is 0. The van der Waals surface area contributed by atoms with Gasteiger partial charge in [-0.15, -0.1) is 0 Å². The van der Waals surface area contributed by atoms with Gasteiger partial charge in [0.25, 0.3) is 4.82 Å². The molecule has 0 radical (unpaired) electrons. The van der Waals surface area contributed by atoms with Gasteiger partial charge in [0.15, 0.2) is 0 Å². The Morgan fingerprint density at radius 1 is 1.44 bits per heavy atom. The van der Waals surface area contributed by atoms with Crippen LogP contribution in [0.1, 0.15) is 19.4 Å². The van der Waals surface area contributed by atoms with Crippen molar-refractivity contribution < 1.29 is 13.6 Å². The molecule has 1 aromatic carbocycles. The summed E-state index contributed by atoms with van der Waals surface area (Å²) in [4.78, 5) is 10.3. The molecule has 0 aliphatic heterocycles. The van der Waals surface area contributed by atoms with E-state index in [4.69, 9.17) is 0 Å². The van der Waals surface area contributed by atoms with E-state index in [1.165, 1.54) is 0 Å². The molecule has 0 spiro atoms. The third-order valence-corrected chi connectivity index (χ3v) is 2.61. The van der Waals surface area contributed by atoms with Gasteiger partial charge in [-0.1, -0.05) is 13.8 Å². The maximum atomic E-state index is 13.5. The van der Waals surface area contributed by atoms with Crippen LogP contribution in [0.2, 0.25) is 0 Å². The molecule has 16 heavy (non-hydrogen) atoms. The van der Waals surface area contributed by atoms with Gasteiger partial charge in [-0.05, 0) is 23.8 Å². The normalized spacial score (nSPS) is 11.3. The van der Waals surface area contributed by atoms with Crippen LogP contribution in [-0.4, -0.2) is 11.4 Å². The third kappa shape index (κ3) is 3.27. The van der Waals surface area contributed by atoms with Crippen LogP contribution in [0.4, 0.5) is 13.6 Å². The van der Waals surface area contributed by atoms with Crippen LogP contribution >= 0.6 is 15.9 Å². The second-order valence-corrected chi connectivity index (χ2v) is 4.86. The molecule has 1 N–H and O–H groups in total. The van der Waals surface area contributed by atoms with E-state index >= 15 is 0 Å². The zero-order chi connectivity index (χ0) is 12.3. The lowest BCUT2D eigenvalue weighted by atomic mass is 9.84. The Hall–Kier alpha value is -0.970. The average Bonchev–Trinajstić information content (AvgIpc) is 2.19. The summed E-state index contributed by atoms with van der Waals surface area (Å²) in [5.41, 5.74) is -0.427. The Kier molecular flexibility index (Phi) is 4.02. The van der Waals surface area contributed by atoms with Crippen LogP contribution in [-0.2, 0) is 5.41 Å². The third-order valence-electron chi connectivity index (χ3n) is 2.33. The summed E-state index contributed by atoms with van der Waals surface area (Å²) in [6.45, 7) is 3.68. The van der Waals surface area contributed by atoms with Crippen molar-refractivity contribution in [1.29, 1.82) is 0 Å². The van der Waals surface area contributed by atoms with Gasteiger partial charge in [0, 0.05) is 27.9 Å². The molecule has 0 saturated carbocycles. The molecule has 5 heteroatoms. The van der Waals surface area contributed by atoms with Crippen molar-refractivity contribution in [3.63, 3.8) is 0 Å². The highest BCUT2D eigenvalue weighted by Crippen LogP contribution is 2.25. The zero-order valence-corrected chi connectivity index (χ0v) is 10.6. The number of benzene rings is 1. The minimum absolute atomic E-state index is 0.220. The molecular formula is C11H12BrF2NO. The van der Waals surface area contributed by atoms with Gasteiger partial charge in [0.1, 0.15) is 11.6 Å². The molecule has 1 aromatic rings. The molecule has 0 saturated heterocycles. The summed E-state index contributed by atoms with van der Waals surface area (Å²) >= 11 is 2.71. The van der Waals surface area contributed by atoms with Gasteiger partial charge in [-0.2, -0.15) is 0 Å². The van der Waals surface area contributed by atoms with Crippen LogP contribution in [0.15, 0.2) is 18.2 Å². The molecule has 0 aromatic heterocycles. The Bertz CT molecular complexity index is 407. The van der Waals surface area contributed by atoms with E-state index in [0.717, 1.165) is 18.2 Å². The molecule has 2 nitrogen and oxygen atoms in total. The standard InChI is InChI=1S/C11H12BrF2NO/c1-11(2,6-15-10(12)16)8-5-7(13)3-4-9(8)14/h3-5H,6H2,1-2H3,(H,15,16). The van der Waals surface area contributed by atoms with Crippen molar-refractivity contribution in [2.24, 2.45) is 0 Å². The fraction of sp³-hybridized carbons (Fsp3) is 0.364. The minimum atomic E-state index is -0.671. The first-order valence-corrected chi connectivity index (χ1v) is 5.51. The highest BCUT2D eigenvalue weighted by molar-refractivity contribution is 9.18. The largest absolute Gasteiger partial charge is 0.346 e. The summed E-state index contributed by atoms with van der Waals surface area (Å²) < 4.78 is 26.5. The second kappa shape index (κ2) is 4.91. The van der Waals surface area contributed by atoms with Gasteiger partial charge in [-0.25, -0.2) is 8.78 Å². The van der Waals surface area contributed by atoms with Gasteiger partial charge in [-0.3, -0.25) is 4.79 Å². The van der Waals surface area contributed by atoms with Gasteiger partial charge < -0.3 is 5.32 Å². The lowest BCUT2D eigenvalue weighted by molar-refractivity contribution is 0.259. The number of halogens is 3. The van der Waals surface area contributed by atoms with Gasteiger partial charge >= 0.3 is 0 Å². The quantitative estimate of drug-likeness (QED) is 0.672. The number of hydrogen-bond donors (Lipinski definition) is 1. The summed E-state index contributed by atoms with van der Waals surface area (Å²) in [5.74, 6) is -0.968. The maximum Gasteiger partial charge on any atom is 0.287 e. The van der Waals surface area contributed by atoms with E-state index in [9.17, 15) is 13.6 Å². The Morgan fingerprint density at radius 3 is 2.62 bits per heavy atom. The predicted molar refractivity (Wildman–Crippen MR) is 61.7 cm³/mol. The molecule has 0 aliphatic rings. The summed E-state index contributed by atoms with van der Waals surface area (Å²) in [7, 11) is 0. The molecule has 88 valence electrons. The maximum absolute atomic E-state index is 13.5. The smallest absolute Gasteiger partial charge is 0.287 e. The van der Waals surface area contributed by atoms with Crippen molar-refractivity contribution in [3.8, 4) is 0 Å². The number of carbonyl (C=O) groups is 1. The van der Waals surface area contributed by atoms with Crippen molar-refractivity contribution in [3.05, 3.63) is 35.4 Å². The highest BCUT2D eigenvalue weighted by atomic mass is 79.9. The first-order valence-electron chi connectivity index (χ1n) is 4.72. The Morgan fingerprint density at radius 2 is 2.06 bits per heavy atom. The fourth-order valence-corrected chi connectivity index (χ4v) is 1.54. The van der Waals surface area contributed by atoms with Crippen LogP contribution in [0.25, 0.3) is 0 Å². The first kappa shape index (κ1) is 13.1. The van der Waals surface area contributed by atoms with Crippen molar-refractivity contribution >= 4 is 20.7 Å². The van der Waals surface area contributed by atoms with Crippen LogP contribution in [0.5, 0.6) is 0 Å². The van der Waals surface area contributed by atoms with Crippen molar-refractivity contribution in [1.82, 2.24) is 5.32 Å². The van der Waals surface area contributed by atoms with Gasteiger partial charge in [0.2, 0.25) is 0 Å². The molecule has 0 heterocycles. The number of nitrogens with one attached hydrogen (secondary N) is 1. The lowest BCUT2D eigenvalue weighted by Crippen LogP contribution is -2.34. The summed E-state index contributed by atoms with van der Waals surface area (Å²) in [5, 5.41) is 2.52. The molecule has 0 unspecified atom stereocenters. The lowest BCUT2D eigenvalue weighted by Gasteiger charge is -2.25. The molecule has 0 fully saturated rings. The summed E-state index contributed by atoms with van der Waals surface area (Å²) in [6, 6.07) is 3.30. The van der Waals surface area contributed by atoms with E-state index < -0.39 is 17.0 Å². The van der Waals surface area contributed by atoms with Crippen molar-refractivity contribution in [2.75, 3.05) is 6.54 Å². The predicted octanol–water partition coefficient (Wildman–Crippen LogP) is 3.35.